The van der Waals surface area contributed by atoms with E-state index in [2.05, 4.69) is 19.2 Å². The molecule has 0 radical (unpaired) electrons. The molecule has 0 aromatic carbocycles. The fourth-order valence-corrected chi connectivity index (χ4v) is 6.51. The molecule has 7 atom stereocenters. The summed E-state index contributed by atoms with van der Waals surface area (Å²) >= 11 is 0. The zero-order chi connectivity index (χ0) is 36.0. The van der Waals surface area contributed by atoms with Crippen molar-refractivity contribution in [3.63, 3.8) is 0 Å². The molecule has 0 aliphatic carbocycles. The molecule has 9 nitrogen and oxygen atoms in total. The summed E-state index contributed by atoms with van der Waals surface area (Å²) in [7, 11) is 0. The first-order valence-corrected chi connectivity index (χ1v) is 20.4. The number of amides is 1. The molecule has 0 spiro atoms. The van der Waals surface area contributed by atoms with Gasteiger partial charge in [0.2, 0.25) is 5.91 Å². The zero-order valence-corrected chi connectivity index (χ0v) is 31.5. The Balaban J connectivity index is 2.43. The number of aliphatic hydroxyl groups excluding tert-OH is 5. The topological polar surface area (TPSA) is 149 Å². The second-order valence-electron chi connectivity index (χ2n) is 14.4. The molecule has 0 aromatic rings. The Hall–Kier alpha value is -1.07. The molecule has 7 unspecified atom stereocenters. The highest BCUT2D eigenvalue weighted by Gasteiger charge is 2.44. The maximum Gasteiger partial charge on any atom is 0.220 e. The van der Waals surface area contributed by atoms with Crippen LogP contribution in [0.1, 0.15) is 181 Å². The van der Waals surface area contributed by atoms with Crippen molar-refractivity contribution in [2.24, 2.45) is 0 Å². The summed E-state index contributed by atoms with van der Waals surface area (Å²) in [6, 6.07) is -0.796. The van der Waals surface area contributed by atoms with E-state index in [9.17, 15) is 30.3 Å². The summed E-state index contributed by atoms with van der Waals surface area (Å²) < 4.78 is 11.2. The van der Waals surface area contributed by atoms with Gasteiger partial charge in [0, 0.05) is 6.42 Å². The Morgan fingerprint density at radius 3 is 1.59 bits per heavy atom. The molecular formula is C40H77NO8. The van der Waals surface area contributed by atoms with Crippen LogP contribution in [-0.4, -0.2) is 87.5 Å². The van der Waals surface area contributed by atoms with E-state index in [-0.39, 0.29) is 12.5 Å². The third-order valence-corrected chi connectivity index (χ3v) is 9.86. The van der Waals surface area contributed by atoms with E-state index < -0.39 is 49.5 Å². The highest BCUT2D eigenvalue weighted by molar-refractivity contribution is 5.76. The lowest BCUT2D eigenvalue weighted by Crippen LogP contribution is -2.60. The largest absolute Gasteiger partial charge is 0.394 e. The first kappa shape index (κ1) is 46.0. The van der Waals surface area contributed by atoms with Crippen molar-refractivity contribution < 1.29 is 39.8 Å². The number of nitrogens with one attached hydrogen (secondary N) is 1. The van der Waals surface area contributed by atoms with Gasteiger partial charge in [-0.15, -0.1) is 0 Å². The number of hydrogen-bond donors (Lipinski definition) is 6. The van der Waals surface area contributed by atoms with Crippen molar-refractivity contribution in [1.29, 1.82) is 0 Å². The van der Waals surface area contributed by atoms with Crippen molar-refractivity contribution in [2.45, 2.75) is 224 Å². The molecule has 9 heteroatoms. The number of allylic oxidation sites excluding steroid dienone is 1. The normalized spacial score (nSPS) is 22.5. The summed E-state index contributed by atoms with van der Waals surface area (Å²) in [5.41, 5.74) is 0. The van der Waals surface area contributed by atoms with Gasteiger partial charge in [0.25, 0.3) is 0 Å². The molecule has 1 fully saturated rings. The van der Waals surface area contributed by atoms with E-state index >= 15 is 0 Å². The van der Waals surface area contributed by atoms with Gasteiger partial charge >= 0.3 is 0 Å². The second-order valence-corrected chi connectivity index (χ2v) is 14.4. The molecule has 1 aliphatic rings. The fraction of sp³-hybridized carbons (Fsp3) is 0.925. The van der Waals surface area contributed by atoms with E-state index in [4.69, 9.17) is 9.47 Å². The van der Waals surface area contributed by atoms with Gasteiger partial charge in [0.05, 0.1) is 25.4 Å². The van der Waals surface area contributed by atoms with Crippen LogP contribution in [0.2, 0.25) is 0 Å². The molecule has 1 saturated heterocycles. The van der Waals surface area contributed by atoms with Crippen LogP contribution in [0.3, 0.4) is 0 Å². The molecule has 0 saturated carbocycles. The van der Waals surface area contributed by atoms with Crippen LogP contribution in [0.15, 0.2) is 12.2 Å². The summed E-state index contributed by atoms with van der Waals surface area (Å²) in [6.07, 6.45) is 26.8. The van der Waals surface area contributed by atoms with Crippen LogP contribution < -0.4 is 5.32 Å². The van der Waals surface area contributed by atoms with Gasteiger partial charge in [-0.3, -0.25) is 4.79 Å². The molecular weight excluding hydrogens is 622 g/mol. The van der Waals surface area contributed by atoms with Crippen LogP contribution in [0.5, 0.6) is 0 Å². The second kappa shape index (κ2) is 31.6. The van der Waals surface area contributed by atoms with E-state index in [1.165, 1.54) is 122 Å². The van der Waals surface area contributed by atoms with E-state index in [0.29, 0.717) is 6.42 Å². The van der Waals surface area contributed by atoms with Crippen molar-refractivity contribution in [2.75, 3.05) is 13.2 Å². The standard InChI is InChI=1S/C40H77NO8/c1-3-5-7-9-11-13-15-16-17-18-20-21-23-25-27-29-34(43)33(32-48-40-39(47)38(46)37(45)35(31-42)49-40)41-36(44)30-28-26-24-22-19-14-12-10-8-6-4-2/h27,29,33-35,37-40,42-43,45-47H,3-26,28,30-32H2,1-2H3,(H,41,44)/b29-27+. The maximum absolute atomic E-state index is 12.9. The Bertz CT molecular complexity index is 781. The molecule has 1 heterocycles. The first-order chi connectivity index (χ1) is 23.8. The minimum Gasteiger partial charge on any atom is -0.394 e. The molecule has 1 rings (SSSR count). The lowest BCUT2D eigenvalue weighted by Gasteiger charge is -2.40. The summed E-state index contributed by atoms with van der Waals surface area (Å²) in [5, 5.41) is 53.9. The molecule has 0 bridgehead atoms. The summed E-state index contributed by atoms with van der Waals surface area (Å²) in [6.45, 7) is 3.75. The van der Waals surface area contributed by atoms with E-state index in [0.717, 1.165) is 38.5 Å². The SMILES string of the molecule is CCCCCCCCCCCCCCC/C=C/C(O)C(COC1OC(CO)C(O)C(O)C1O)NC(=O)CCCCCCCCCCCCC. The monoisotopic (exact) mass is 700 g/mol. The Morgan fingerprint density at radius 2 is 1.12 bits per heavy atom. The summed E-state index contributed by atoms with van der Waals surface area (Å²) in [5.74, 6) is -0.178. The predicted octanol–water partition coefficient (Wildman–Crippen LogP) is 7.39. The minimum absolute atomic E-state index is 0.178. The Kier molecular flexibility index (Phi) is 29.7. The smallest absolute Gasteiger partial charge is 0.220 e. The van der Waals surface area contributed by atoms with Gasteiger partial charge < -0.3 is 40.3 Å². The highest BCUT2D eigenvalue weighted by Crippen LogP contribution is 2.22. The summed E-state index contributed by atoms with van der Waals surface area (Å²) in [4.78, 5) is 12.9. The zero-order valence-electron chi connectivity index (χ0n) is 31.5. The number of aliphatic hydroxyl groups is 5. The van der Waals surface area contributed by atoms with Crippen molar-refractivity contribution in [1.82, 2.24) is 5.32 Å². The van der Waals surface area contributed by atoms with Gasteiger partial charge in [0.1, 0.15) is 24.4 Å². The number of carbonyl (C=O) groups is 1. The average molecular weight is 700 g/mol. The van der Waals surface area contributed by atoms with Gasteiger partial charge in [0.15, 0.2) is 6.29 Å². The first-order valence-electron chi connectivity index (χ1n) is 20.4. The quantitative estimate of drug-likeness (QED) is 0.0307. The molecule has 1 aliphatic heterocycles. The number of hydrogen-bond acceptors (Lipinski definition) is 8. The van der Waals surface area contributed by atoms with Gasteiger partial charge in [-0.25, -0.2) is 0 Å². The number of unbranched alkanes of at least 4 members (excludes halogenated alkanes) is 23. The van der Waals surface area contributed by atoms with Crippen LogP contribution in [0, 0.1) is 0 Å². The lowest BCUT2D eigenvalue weighted by atomic mass is 9.99. The van der Waals surface area contributed by atoms with Crippen LogP contribution in [0.25, 0.3) is 0 Å². The highest BCUT2D eigenvalue weighted by atomic mass is 16.7. The Morgan fingerprint density at radius 1 is 0.673 bits per heavy atom. The molecule has 290 valence electrons. The van der Waals surface area contributed by atoms with Gasteiger partial charge in [-0.2, -0.15) is 0 Å². The number of rotatable bonds is 33. The van der Waals surface area contributed by atoms with E-state index in [1.54, 1.807) is 6.08 Å². The van der Waals surface area contributed by atoms with Crippen LogP contribution in [-0.2, 0) is 14.3 Å². The molecule has 1 amide bonds. The van der Waals surface area contributed by atoms with Crippen molar-refractivity contribution in [3.8, 4) is 0 Å². The minimum atomic E-state index is -1.56. The molecule has 6 N–H and O–H groups in total. The Labute approximate surface area is 299 Å². The molecule has 49 heavy (non-hydrogen) atoms. The van der Waals surface area contributed by atoms with Gasteiger partial charge in [-0.1, -0.05) is 167 Å². The van der Waals surface area contributed by atoms with Crippen molar-refractivity contribution >= 4 is 5.91 Å². The fourth-order valence-electron chi connectivity index (χ4n) is 6.51. The van der Waals surface area contributed by atoms with Gasteiger partial charge in [-0.05, 0) is 19.3 Å². The van der Waals surface area contributed by atoms with Crippen molar-refractivity contribution in [3.05, 3.63) is 12.2 Å². The lowest BCUT2D eigenvalue weighted by molar-refractivity contribution is -0.302. The predicted molar refractivity (Wildman–Crippen MR) is 198 cm³/mol. The molecule has 0 aromatic heterocycles. The number of carbonyl (C=O) groups excluding carboxylic acids is 1. The third-order valence-electron chi connectivity index (χ3n) is 9.86. The van der Waals surface area contributed by atoms with Crippen LogP contribution in [0.4, 0.5) is 0 Å². The maximum atomic E-state index is 12.9. The third kappa shape index (κ3) is 23.2. The van der Waals surface area contributed by atoms with Crippen LogP contribution >= 0.6 is 0 Å². The average Bonchev–Trinajstić information content (AvgIpc) is 3.10. The van der Waals surface area contributed by atoms with E-state index in [1.807, 2.05) is 6.08 Å². The number of ether oxygens (including phenoxy) is 2.